The van der Waals surface area contributed by atoms with Gasteiger partial charge in [-0.25, -0.2) is 15.0 Å². The van der Waals surface area contributed by atoms with Crippen LogP contribution >= 0.6 is 27.5 Å². The maximum atomic E-state index is 6.10. The van der Waals surface area contributed by atoms with Crippen molar-refractivity contribution in [2.45, 2.75) is 0 Å². The third-order valence-electron chi connectivity index (χ3n) is 1.91. The van der Waals surface area contributed by atoms with Gasteiger partial charge < -0.3 is 4.74 Å². The molecule has 0 atom stereocenters. The van der Waals surface area contributed by atoms with Crippen molar-refractivity contribution in [1.82, 2.24) is 15.0 Å². The van der Waals surface area contributed by atoms with Gasteiger partial charge in [-0.3, -0.25) is 0 Å². The van der Waals surface area contributed by atoms with E-state index in [9.17, 15) is 0 Å². The fourth-order valence-corrected chi connectivity index (χ4v) is 1.67. The van der Waals surface area contributed by atoms with Crippen molar-refractivity contribution < 1.29 is 4.74 Å². The number of nitrogens with zero attached hydrogens (tertiary/aromatic N) is 3. The zero-order valence-electron chi connectivity index (χ0n) is 8.32. The van der Waals surface area contributed by atoms with E-state index < -0.39 is 0 Å². The molecule has 2 aromatic heterocycles. The van der Waals surface area contributed by atoms with Crippen molar-refractivity contribution >= 4 is 27.5 Å². The second kappa shape index (κ2) is 4.76. The number of halogens is 2. The maximum absolute atomic E-state index is 6.10. The maximum Gasteiger partial charge on any atom is 0.233 e. The highest BCUT2D eigenvalue weighted by Crippen LogP contribution is 2.31. The van der Waals surface area contributed by atoms with Crippen LogP contribution in [0.4, 0.5) is 0 Å². The van der Waals surface area contributed by atoms with Gasteiger partial charge in [-0.1, -0.05) is 11.6 Å². The molecule has 0 unspecified atom stereocenters. The van der Waals surface area contributed by atoms with Gasteiger partial charge in [-0.2, -0.15) is 0 Å². The van der Waals surface area contributed by atoms with Gasteiger partial charge in [0.1, 0.15) is 5.02 Å². The normalized spacial score (nSPS) is 10.2. The van der Waals surface area contributed by atoms with E-state index in [1.165, 1.54) is 7.11 Å². The molecule has 0 bridgehead atoms. The highest BCUT2D eigenvalue weighted by atomic mass is 79.9. The number of aromatic nitrogens is 3. The Morgan fingerprint density at radius 3 is 2.56 bits per heavy atom. The number of hydrogen-bond donors (Lipinski definition) is 0. The predicted molar refractivity (Wildman–Crippen MR) is 64.5 cm³/mol. The molecule has 2 rings (SSSR count). The number of hydrogen-bond acceptors (Lipinski definition) is 4. The molecule has 0 saturated carbocycles. The van der Waals surface area contributed by atoms with Gasteiger partial charge >= 0.3 is 0 Å². The second-order valence-electron chi connectivity index (χ2n) is 2.91. The Morgan fingerprint density at radius 1 is 1.25 bits per heavy atom. The zero-order valence-corrected chi connectivity index (χ0v) is 10.7. The van der Waals surface area contributed by atoms with Gasteiger partial charge in [0, 0.05) is 24.2 Å². The van der Waals surface area contributed by atoms with Crippen LogP contribution in [0.25, 0.3) is 11.4 Å². The van der Waals surface area contributed by atoms with E-state index in [0.717, 1.165) is 4.47 Å². The lowest BCUT2D eigenvalue weighted by Gasteiger charge is -2.05. The molecule has 0 aliphatic heterocycles. The van der Waals surface area contributed by atoms with E-state index in [1.807, 2.05) is 0 Å². The number of pyridine rings is 1. The minimum atomic E-state index is 0.366. The minimum absolute atomic E-state index is 0.366. The summed E-state index contributed by atoms with van der Waals surface area (Å²) in [5.74, 6) is 0.902. The van der Waals surface area contributed by atoms with Crippen molar-refractivity contribution in [2.75, 3.05) is 7.11 Å². The monoisotopic (exact) mass is 299 g/mol. The van der Waals surface area contributed by atoms with Gasteiger partial charge in [-0.05, 0) is 22.0 Å². The average Bonchev–Trinajstić information content (AvgIpc) is 2.31. The Bertz CT molecular complexity index is 504. The third-order valence-corrected chi connectivity index (χ3v) is 2.69. The molecular weight excluding hydrogens is 293 g/mol. The Kier molecular flexibility index (Phi) is 3.36. The number of methoxy groups -OCH3 is 1. The Balaban J connectivity index is 2.51. The first-order chi connectivity index (χ1) is 7.72. The molecule has 0 fully saturated rings. The molecule has 4 nitrogen and oxygen atoms in total. The highest BCUT2D eigenvalue weighted by Gasteiger charge is 2.11. The first kappa shape index (κ1) is 11.3. The largest absolute Gasteiger partial charge is 0.480 e. The van der Waals surface area contributed by atoms with E-state index in [4.69, 9.17) is 16.3 Å². The van der Waals surface area contributed by atoms with Crippen molar-refractivity contribution in [3.05, 3.63) is 34.2 Å². The van der Waals surface area contributed by atoms with Crippen LogP contribution in [0.5, 0.6) is 5.88 Å². The molecular formula is C10H7BrClN3O. The van der Waals surface area contributed by atoms with Crippen LogP contribution in [0.15, 0.2) is 29.1 Å². The predicted octanol–water partition coefficient (Wildman–Crippen LogP) is 2.96. The van der Waals surface area contributed by atoms with Crippen molar-refractivity contribution in [3.8, 4) is 17.3 Å². The van der Waals surface area contributed by atoms with Gasteiger partial charge in [0.2, 0.25) is 5.88 Å². The topological polar surface area (TPSA) is 47.9 Å². The van der Waals surface area contributed by atoms with Gasteiger partial charge in [0.25, 0.3) is 0 Å². The first-order valence-corrected chi connectivity index (χ1v) is 5.56. The summed E-state index contributed by atoms with van der Waals surface area (Å²) in [7, 11) is 1.51. The SMILES string of the molecule is COc1nccc(-c2ncc(Br)cn2)c1Cl. The van der Waals surface area contributed by atoms with Crippen molar-refractivity contribution in [2.24, 2.45) is 0 Å². The second-order valence-corrected chi connectivity index (χ2v) is 4.20. The molecule has 82 valence electrons. The first-order valence-electron chi connectivity index (χ1n) is 4.39. The number of rotatable bonds is 2. The third kappa shape index (κ3) is 2.15. The van der Waals surface area contributed by atoms with Gasteiger partial charge in [-0.15, -0.1) is 0 Å². The molecule has 16 heavy (non-hydrogen) atoms. The fraction of sp³-hybridized carbons (Fsp3) is 0.100. The summed E-state index contributed by atoms with van der Waals surface area (Å²) in [6.07, 6.45) is 4.92. The summed E-state index contributed by atoms with van der Waals surface area (Å²) in [6, 6.07) is 1.74. The van der Waals surface area contributed by atoms with Crippen LogP contribution in [0.3, 0.4) is 0 Å². The standard InChI is InChI=1S/C10H7BrClN3O/c1-16-10-8(12)7(2-3-13-10)9-14-4-6(11)5-15-9/h2-5H,1H3. The summed E-state index contributed by atoms with van der Waals surface area (Å²) >= 11 is 9.37. The van der Waals surface area contributed by atoms with Crippen LogP contribution in [-0.2, 0) is 0 Å². The molecule has 2 heterocycles. The zero-order chi connectivity index (χ0) is 11.5. The summed E-state index contributed by atoms with van der Waals surface area (Å²) in [5.41, 5.74) is 0.695. The Morgan fingerprint density at radius 2 is 1.94 bits per heavy atom. The molecule has 0 saturated heterocycles. The average molecular weight is 301 g/mol. The lowest BCUT2D eigenvalue weighted by Crippen LogP contribution is -1.93. The molecule has 2 aromatic rings. The lowest BCUT2D eigenvalue weighted by molar-refractivity contribution is 0.398. The Hall–Kier alpha value is -1.20. The van der Waals surface area contributed by atoms with E-state index >= 15 is 0 Å². The smallest absolute Gasteiger partial charge is 0.233 e. The molecule has 0 aliphatic carbocycles. The molecule has 0 amide bonds. The van der Waals surface area contributed by atoms with Crippen LogP contribution < -0.4 is 4.74 Å². The van der Waals surface area contributed by atoms with Crippen LogP contribution in [-0.4, -0.2) is 22.1 Å². The molecule has 0 N–H and O–H groups in total. The quantitative estimate of drug-likeness (QED) is 0.855. The molecule has 0 aliphatic rings. The van der Waals surface area contributed by atoms with Crippen LogP contribution in [0.1, 0.15) is 0 Å². The molecule has 0 radical (unpaired) electrons. The summed E-state index contributed by atoms with van der Waals surface area (Å²) < 4.78 is 5.84. The van der Waals surface area contributed by atoms with Gasteiger partial charge in [0.15, 0.2) is 5.82 Å². The fourth-order valence-electron chi connectivity index (χ4n) is 1.19. The highest BCUT2D eigenvalue weighted by molar-refractivity contribution is 9.10. The summed E-state index contributed by atoms with van der Waals surface area (Å²) in [4.78, 5) is 12.3. The van der Waals surface area contributed by atoms with Crippen molar-refractivity contribution in [3.63, 3.8) is 0 Å². The number of ether oxygens (including phenoxy) is 1. The van der Waals surface area contributed by atoms with Gasteiger partial charge in [0.05, 0.1) is 11.6 Å². The Labute approximate surface area is 106 Å². The van der Waals surface area contributed by atoms with Crippen molar-refractivity contribution in [1.29, 1.82) is 0 Å². The van der Waals surface area contributed by atoms with Crippen LogP contribution in [0.2, 0.25) is 5.02 Å². The van der Waals surface area contributed by atoms with E-state index in [-0.39, 0.29) is 0 Å². The van der Waals surface area contributed by atoms with Crippen LogP contribution in [0, 0.1) is 0 Å². The van der Waals surface area contributed by atoms with E-state index in [0.29, 0.717) is 22.3 Å². The summed E-state index contributed by atoms with van der Waals surface area (Å²) in [5, 5.41) is 0.410. The molecule has 6 heteroatoms. The molecule has 0 aromatic carbocycles. The molecule has 0 spiro atoms. The minimum Gasteiger partial charge on any atom is -0.480 e. The summed E-state index contributed by atoms with van der Waals surface area (Å²) in [6.45, 7) is 0. The lowest BCUT2D eigenvalue weighted by atomic mass is 10.2. The van der Waals surface area contributed by atoms with E-state index in [2.05, 4.69) is 30.9 Å². The van der Waals surface area contributed by atoms with E-state index in [1.54, 1.807) is 24.7 Å².